The number of aryl methyl sites for hydroxylation is 2. The molecule has 3 rings (SSSR count). The van der Waals surface area contributed by atoms with E-state index in [0.717, 1.165) is 29.6 Å². The van der Waals surface area contributed by atoms with E-state index in [1.165, 1.54) is 23.5 Å². The molecule has 0 N–H and O–H groups in total. The second-order valence-electron chi connectivity index (χ2n) is 4.92. The maximum Gasteiger partial charge on any atom is 0.208 e. The summed E-state index contributed by atoms with van der Waals surface area (Å²) in [6, 6.07) is 0. The van der Waals surface area contributed by atoms with Crippen LogP contribution in [0.1, 0.15) is 41.4 Å². The van der Waals surface area contributed by atoms with Gasteiger partial charge in [0.25, 0.3) is 0 Å². The van der Waals surface area contributed by atoms with Gasteiger partial charge in [0.15, 0.2) is 0 Å². The molecule has 1 fully saturated rings. The number of piperidine rings is 1. The van der Waals surface area contributed by atoms with Gasteiger partial charge in [-0.2, -0.15) is 0 Å². The molecule has 0 saturated carbocycles. The lowest BCUT2D eigenvalue weighted by atomic mass is 9.99. The van der Waals surface area contributed by atoms with Gasteiger partial charge >= 0.3 is 0 Å². The van der Waals surface area contributed by atoms with Gasteiger partial charge in [-0.25, -0.2) is 4.98 Å². The molecule has 2 aromatic rings. The third-order valence-corrected chi connectivity index (χ3v) is 5.44. The van der Waals surface area contributed by atoms with Crippen molar-refractivity contribution < 1.29 is 0 Å². The first-order valence-electron chi connectivity index (χ1n) is 6.75. The van der Waals surface area contributed by atoms with Crippen molar-refractivity contribution in [2.75, 3.05) is 18.0 Å². The van der Waals surface area contributed by atoms with Crippen molar-refractivity contribution in [3.63, 3.8) is 0 Å². The average molecular weight is 294 g/mol. The summed E-state index contributed by atoms with van der Waals surface area (Å²) in [6.45, 7) is 6.30. The van der Waals surface area contributed by atoms with Crippen LogP contribution >= 0.6 is 22.7 Å². The Morgan fingerprint density at radius 1 is 1.42 bits per heavy atom. The highest BCUT2D eigenvalue weighted by Gasteiger charge is 2.25. The molecule has 0 aliphatic carbocycles. The van der Waals surface area contributed by atoms with E-state index in [4.69, 9.17) is 4.98 Å². The zero-order valence-electron chi connectivity index (χ0n) is 11.3. The first-order chi connectivity index (χ1) is 9.26. The largest absolute Gasteiger partial charge is 0.346 e. The Hall–Kier alpha value is -1.01. The molecule has 0 spiro atoms. The SMILES string of the molecule is CCc1csc(C2CCCN(c3nnc(C)s3)C2)n1. The van der Waals surface area contributed by atoms with E-state index < -0.39 is 0 Å². The minimum atomic E-state index is 0.559. The third kappa shape index (κ3) is 2.79. The fourth-order valence-electron chi connectivity index (χ4n) is 2.44. The van der Waals surface area contributed by atoms with Crippen molar-refractivity contribution in [3.05, 3.63) is 21.1 Å². The summed E-state index contributed by atoms with van der Waals surface area (Å²) >= 11 is 3.50. The predicted octanol–water partition coefficient (Wildman–Crippen LogP) is 3.25. The molecule has 3 heterocycles. The number of nitrogens with zero attached hydrogens (tertiary/aromatic N) is 4. The number of aromatic nitrogens is 3. The van der Waals surface area contributed by atoms with Gasteiger partial charge in [-0.15, -0.1) is 21.5 Å². The van der Waals surface area contributed by atoms with Crippen molar-refractivity contribution in [3.8, 4) is 0 Å². The van der Waals surface area contributed by atoms with E-state index in [-0.39, 0.29) is 0 Å². The average Bonchev–Trinajstić information content (AvgIpc) is 3.07. The molecule has 0 radical (unpaired) electrons. The predicted molar refractivity (Wildman–Crippen MR) is 80.3 cm³/mol. The van der Waals surface area contributed by atoms with Crippen LogP contribution in [0, 0.1) is 6.92 Å². The molecule has 19 heavy (non-hydrogen) atoms. The van der Waals surface area contributed by atoms with Crippen molar-refractivity contribution in [2.24, 2.45) is 0 Å². The number of hydrogen-bond acceptors (Lipinski definition) is 6. The molecule has 102 valence electrons. The summed E-state index contributed by atoms with van der Waals surface area (Å²) in [6.07, 6.45) is 3.48. The van der Waals surface area contributed by atoms with Crippen LogP contribution in [0.3, 0.4) is 0 Å². The highest BCUT2D eigenvalue weighted by atomic mass is 32.1. The molecule has 1 aliphatic rings. The van der Waals surface area contributed by atoms with Crippen molar-refractivity contribution in [2.45, 2.75) is 39.0 Å². The molecule has 2 aromatic heterocycles. The lowest BCUT2D eigenvalue weighted by Crippen LogP contribution is -2.34. The zero-order valence-corrected chi connectivity index (χ0v) is 12.9. The van der Waals surface area contributed by atoms with Crippen LogP contribution < -0.4 is 4.90 Å². The summed E-state index contributed by atoms with van der Waals surface area (Å²) < 4.78 is 0. The Balaban J connectivity index is 1.74. The lowest BCUT2D eigenvalue weighted by Gasteiger charge is -2.31. The maximum absolute atomic E-state index is 4.74. The first kappa shape index (κ1) is 13.0. The lowest BCUT2D eigenvalue weighted by molar-refractivity contribution is 0.506. The Morgan fingerprint density at radius 3 is 3.00 bits per heavy atom. The van der Waals surface area contributed by atoms with Crippen LogP contribution in [-0.2, 0) is 6.42 Å². The first-order valence-corrected chi connectivity index (χ1v) is 8.45. The monoisotopic (exact) mass is 294 g/mol. The fourth-order valence-corrected chi connectivity index (χ4v) is 4.19. The van der Waals surface area contributed by atoms with Crippen LogP contribution in [0.2, 0.25) is 0 Å². The second-order valence-corrected chi connectivity index (χ2v) is 6.97. The minimum absolute atomic E-state index is 0.559. The van der Waals surface area contributed by atoms with Gasteiger partial charge in [0.05, 0.1) is 10.7 Å². The molecule has 0 bridgehead atoms. The molecule has 1 atom stereocenters. The van der Waals surface area contributed by atoms with Gasteiger partial charge in [-0.1, -0.05) is 18.3 Å². The molecule has 4 nitrogen and oxygen atoms in total. The zero-order chi connectivity index (χ0) is 13.2. The van der Waals surface area contributed by atoms with Crippen LogP contribution in [0.5, 0.6) is 0 Å². The quantitative estimate of drug-likeness (QED) is 0.871. The van der Waals surface area contributed by atoms with Crippen LogP contribution in [-0.4, -0.2) is 28.3 Å². The summed E-state index contributed by atoms with van der Waals surface area (Å²) in [5, 5.41) is 14.0. The van der Waals surface area contributed by atoms with Crippen LogP contribution in [0.15, 0.2) is 5.38 Å². The Bertz CT molecular complexity index is 548. The van der Waals surface area contributed by atoms with Crippen molar-refractivity contribution in [1.29, 1.82) is 0 Å². The highest BCUT2D eigenvalue weighted by Crippen LogP contribution is 2.32. The smallest absolute Gasteiger partial charge is 0.208 e. The Kier molecular flexibility index (Phi) is 3.79. The molecule has 6 heteroatoms. The van der Waals surface area contributed by atoms with Gasteiger partial charge in [-0.3, -0.25) is 0 Å². The van der Waals surface area contributed by atoms with Gasteiger partial charge in [0.1, 0.15) is 5.01 Å². The molecule has 1 saturated heterocycles. The number of rotatable bonds is 3. The third-order valence-electron chi connectivity index (χ3n) is 3.49. The molecular formula is C13H18N4S2. The van der Waals surface area contributed by atoms with Crippen molar-refractivity contribution >= 4 is 27.8 Å². The standard InChI is InChI=1S/C13H18N4S2/c1-3-11-8-18-12(14-11)10-5-4-6-17(7-10)13-16-15-9(2)19-13/h8,10H,3-7H2,1-2H3. The Labute approximate surface area is 121 Å². The molecule has 0 aromatic carbocycles. The fraction of sp³-hybridized carbons (Fsp3) is 0.615. The van der Waals surface area contributed by atoms with Gasteiger partial charge in [-0.05, 0) is 26.2 Å². The van der Waals surface area contributed by atoms with Crippen LogP contribution in [0.25, 0.3) is 0 Å². The number of hydrogen-bond donors (Lipinski definition) is 0. The normalized spacial score (nSPS) is 19.9. The topological polar surface area (TPSA) is 41.9 Å². The molecular weight excluding hydrogens is 276 g/mol. The van der Waals surface area contributed by atoms with E-state index in [2.05, 4.69) is 27.4 Å². The number of thiazole rings is 1. The highest BCUT2D eigenvalue weighted by molar-refractivity contribution is 7.15. The van der Waals surface area contributed by atoms with E-state index in [0.29, 0.717) is 5.92 Å². The summed E-state index contributed by atoms with van der Waals surface area (Å²) in [7, 11) is 0. The van der Waals surface area contributed by atoms with E-state index in [9.17, 15) is 0 Å². The summed E-state index contributed by atoms with van der Waals surface area (Å²) in [4.78, 5) is 7.11. The molecule has 1 unspecified atom stereocenters. The van der Waals surface area contributed by atoms with E-state index in [1.54, 1.807) is 11.3 Å². The van der Waals surface area contributed by atoms with Crippen molar-refractivity contribution in [1.82, 2.24) is 15.2 Å². The Morgan fingerprint density at radius 2 is 2.32 bits per heavy atom. The summed E-state index contributed by atoms with van der Waals surface area (Å²) in [5.74, 6) is 0.559. The van der Waals surface area contributed by atoms with Crippen LogP contribution in [0.4, 0.5) is 5.13 Å². The second kappa shape index (κ2) is 5.54. The van der Waals surface area contributed by atoms with Gasteiger partial charge < -0.3 is 4.90 Å². The summed E-state index contributed by atoms with van der Waals surface area (Å²) in [5.41, 5.74) is 1.23. The number of anilines is 1. The van der Waals surface area contributed by atoms with E-state index >= 15 is 0 Å². The maximum atomic E-state index is 4.74. The van der Waals surface area contributed by atoms with E-state index in [1.807, 2.05) is 18.3 Å². The minimum Gasteiger partial charge on any atom is -0.346 e. The molecule has 0 amide bonds. The van der Waals surface area contributed by atoms with Gasteiger partial charge in [0.2, 0.25) is 5.13 Å². The molecule has 1 aliphatic heterocycles. The van der Waals surface area contributed by atoms with Gasteiger partial charge in [0, 0.05) is 24.4 Å².